The topological polar surface area (TPSA) is 86.4 Å². The first-order valence-corrected chi connectivity index (χ1v) is 12.6. The van der Waals surface area contributed by atoms with Gasteiger partial charge in [-0.15, -0.1) is 11.3 Å². The summed E-state index contributed by atoms with van der Waals surface area (Å²) in [7, 11) is 1.55. The molecule has 7 nitrogen and oxygen atoms in total. The molecule has 35 heavy (non-hydrogen) atoms. The van der Waals surface area contributed by atoms with Gasteiger partial charge in [-0.1, -0.05) is 42.1 Å². The number of aryl methyl sites for hydroxylation is 1. The van der Waals surface area contributed by atoms with Gasteiger partial charge in [-0.05, 0) is 43.3 Å². The molecule has 0 fully saturated rings. The number of aromatic nitrogens is 2. The Morgan fingerprint density at radius 1 is 1.11 bits per heavy atom. The fourth-order valence-corrected chi connectivity index (χ4v) is 5.48. The van der Waals surface area contributed by atoms with Gasteiger partial charge in [0.05, 0.1) is 29.6 Å². The van der Waals surface area contributed by atoms with E-state index in [1.165, 1.54) is 23.1 Å². The molecule has 0 aliphatic heterocycles. The number of nitrogens with one attached hydrogen (secondary N) is 1. The summed E-state index contributed by atoms with van der Waals surface area (Å²) in [6.07, 6.45) is 0. The zero-order chi connectivity index (χ0) is 24.4. The van der Waals surface area contributed by atoms with E-state index in [1.54, 1.807) is 23.8 Å². The van der Waals surface area contributed by atoms with Crippen molar-refractivity contribution in [1.82, 2.24) is 9.55 Å². The summed E-state index contributed by atoms with van der Waals surface area (Å²) in [4.78, 5) is 31.9. The van der Waals surface area contributed by atoms with E-state index in [-0.39, 0.29) is 17.2 Å². The number of hydrogen-bond donors (Lipinski definition) is 1. The van der Waals surface area contributed by atoms with Gasteiger partial charge in [-0.25, -0.2) is 4.98 Å². The summed E-state index contributed by atoms with van der Waals surface area (Å²) >= 11 is 2.58. The molecule has 0 aliphatic rings. The molecule has 0 radical (unpaired) electrons. The maximum Gasteiger partial charge on any atom is 0.268 e. The van der Waals surface area contributed by atoms with Crippen LogP contribution in [0.2, 0.25) is 0 Å². The highest BCUT2D eigenvalue weighted by Crippen LogP contribution is 2.34. The van der Waals surface area contributed by atoms with Crippen molar-refractivity contribution in [3.63, 3.8) is 0 Å². The summed E-state index contributed by atoms with van der Waals surface area (Å²) in [5.74, 6) is 1.81. The van der Waals surface area contributed by atoms with Crippen LogP contribution in [0.3, 0.4) is 0 Å². The Morgan fingerprint density at radius 2 is 1.89 bits per heavy atom. The van der Waals surface area contributed by atoms with E-state index in [9.17, 15) is 9.59 Å². The number of hydrogen-bond acceptors (Lipinski definition) is 7. The molecule has 2 aromatic carbocycles. The van der Waals surface area contributed by atoms with E-state index >= 15 is 0 Å². The van der Waals surface area contributed by atoms with Crippen LogP contribution in [0.25, 0.3) is 27.2 Å². The molecular weight excluding hydrogens is 482 g/mol. The van der Waals surface area contributed by atoms with E-state index in [0.29, 0.717) is 43.8 Å². The molecule has 1 amide bonds. The van der Waals surface area contributed by atoms with E-state index in [2.05, 4.69) is 5.32 Å². The van der Waals surface area contributed by atoms with E-state index in [0.717, 1.165) is 5.76 Å². The number of rotatable bonds is 7. The first kappa shape index (κ1) is 22.9. The van der Waals surface area contributed by atoms with Gasteiger partial charge in [-0.3, -0.25) is 14.2 Å². The Kier molecular flexibility index (Phi) is 6.43. The molecule has 1 N–H and O–H groups in total. The maximum absolute atomic E-state index is 13.8. The van der Waals surface area contributed by atoms with Gasteiger partial charge in [0.2, 0.25) is 5.91 Å². The smallest absolute Gasteiger partial charge is 0.268 e. The van der Waals surface area contributed by atoms with Crippen LogP contribution >= 0.6 is 23.1 Å². The van der Waals surface area contributed by atoms with Gasteiger partial charge in [0.1, 0.15) is 22.1 Å². The number of benzene rings is 2. The number of thiophene rings is 1. The van der Waals surface area contributed by atoms with E-state index < -0.39 is 0 Å². The third-order valence-electron chi connectivity index (χ3n) is 5.31. The number of anilines is 1. The Balaban J connectivity index is 1.52. The molecule has 0 unspecified atom stereocenters. The van der Waals surface area contributed by atoms with Gasteiger partial charge < -0.3 is 14.5 Å². The van der Waals surface area contributed by atoms with Crippen molar-refractivity contribution in [3.8, 4) is 22.8 Å². The second kappa shape index (κ2) is 9.81. The lowest BCUT2D eigenvalue weighted by Gasteiger charge is -2.13. The lowest BCUT2D eigenvalue weighted by Crippen LogP contribution is -2.22. The second-order valence-electron chi connectivity index (χ2n) is 7.65. The van der Waals surface area contributed by atoms with Crippen molar-refractivity contribution in [3.05, 3.63) is 88.2 Å². The zero-order valence-electron chi connectivity index (χ0n) is 19.0. The molecule has 9 heteroatoms. The van der Waals surface area contributed by atoms with Crippen LogP contribution < -0.4 is 15.6 Å². The van der Waals surface area contributed by atoms with Gasteiger partial charge in [0.15, 0.2) is 5.16 Å². The Labute approximate surface area is 209 Å². The highest BCUT2D eigenvalue weighted by Gasteiger charge is 2.20. The van der Waals surface area contributed by atoms with Gasteiger partial charge >= 0.3 is 0 Å². The number of fused-ring (bicyclic) bond motifs is 1. The number of amides is 1. The lowest BCUT2D eigenvalue weighted by molar-refractivity contribution is -0.113. The van der Waals surface area contributed by atoms with Crippen LogP contribution in [0, 0.1) is 6.92 Å². The minimum atomic E-state index is -0.230. The Morgan fingerprint density at radius 3 is 2.63 bits per heavy atom. The van der Waals surface area contributed by atoms with Crippen molar-refractivity contribution in [2.24, 2.45) is 0 Å². The molecule has 0 saturated carbocycles. The molecule has 176 valence electrons. The third kappa shape index (κ3) is 4.60. The monoisotopic (exact) mass is 503 g/mol. The SMILES string of the molecule is COc1ccccc1NC(=O)CSc1nc2scc(-c3ccc(C)o3)c2c(=O)n1-c1ccccc1. The molecule has 0 bridgehead atoms. The third-order valence-corrected chi connectivity index (χ3v) is 7.12. The normalized spacial score (nSPS) is 11.0. The first-order valence-electron chi connectivity index (χ1n) is 10.8. The van der Waals surface area contributed by atoms with Crippen molar-refractivity contribution in [2.45, 2.75) is 12.1 Å². The molecule has 3 aromatic heterocycles. The molecule has 5 aromatic rings. The van der Waals surface area contributed by atoms with Crippen LogP contribution in [0.5, 0.6) is 5.75 Å². The van der Waals surface area contributed by atoms with Crippen LogP contribution in [-0.4, -0.2) is 28.3 Å². The molecule has 5 rings (SSSR count). The van der Waals surface area contributed by atoms with Crippen LogP contribution in [0.15, 0.2) is 86.5 Å². The summed E-state index contributed by atoms with van der Waals surface area (Å²) in [6.45, 7) is 1.86. The fourth-order valence-electron chi connectivity index (χ4n) is 3.70. The fraction of sp³-hybridized carbons (Fsp3) is 0.115. The average Bonchev–Trinajstić information content (AvgIpc) is 3.50. The number of ether oxygens (including phenoxy) is 1. The number of para-hydroxylation sites is 3. The molecule has 0 spiro atoms. The predicted octanol–water partition coefficient (Wildman–Crippen LogP) is 5.76. The molecule has 0 aliphatic carbocycles. The van der Waals surface area contributed by atoms with Crippen molar-refractivity contribution in [1.29, 1.82) is 0 Å². The minimum absolute atomic E-state index is 0.0679. The Bertz CT molecular complexity index is 1570. The number of carbonyl (C=O) groups excluding carboxylic acids is 1. The van der Waals surface area contributed by atoms with Crippen molar-refractivity contribution in [2.75, 3.05) is 18.2 Å². The van der Waals surface area contributed by atoms with Crippen LogP contribution in [0.1, 0.15) is 5.76 Å². The van der Waals surface area contributed by atoms with Crippen LogP contribution in [0.4, 0.5) is 5.69 Å². The van der Waals surface area contributed by atoms with Crippen molar-refractivity contribution >= 4 is 44.9 Å². The first-order chi connectivity index (χ1) is 17.0. The molecule has 3 heterocycles. The molecule has 0 saturated heterocycles. The largest absolute Gasteiger partial charge is 0.495 e. The molecular formula is C26H21N3O4S2. The Hall–Kier alpha value is -3.82. The summed E-state index contributed by atoms with van der Waals surface area (Å²) in [6, 6.07) is 20.2. The van der Waals surface area contributed by atoms with Crippen molar-refractivity contribution < 1.29 is 13.9 Å². The number of nitrogens with zero attached hydrogens (tertiary/aromatic N) is 2. The number of methoxy groups -OCH3 is 1. The number of furan rings is 1. The van der Waals surface area contributed by atoms with E-state index in [1.807, 2.05) is 66.9 Å². The second-order valence-corrected chi connectivity index (χ2v) is 9.45. The summed E-state index contributed by atoms with van der Waals surface area (Å²) < 4.78 is 12.6. The number of thioether (sulfide) groups is 1. The maximum atomic E-state index is 13.8. The zero-order valence-corrected chi connectivity index (χ0v) is 20.6. The average molecular weight is 504 g/mol. The van der Waals surface area contributed by atoms with Gasteiger partial charge in [0.25, 0.3) is 5.56 Å². The standard InChI is InChI=1S/C26H21N3O4S2/c1-16-12-13-20(33-16)18-14-34-24-23(18)25(31)29(17-8-4-3-5-9-17)26(28-24)35-15-22(30)27-19-10-6-7-11-21(19)32-2/h3-14H,15H2,1-2H3,(H,27,30). The van der Waals surface area contributed by atoms with Crippen LogP contribution in [-0.2, 0) is 4.79 Å². The molecule has 0 atom stereocenters. The summed E-state index contributed by atoms with van der Waals surface area (Å²) in [5.41, 5.74) is 1.76. The lowest BCUT2D eigenvalue weighted by atomic mass is 10.2. The predicted molar refractivity (Wildman–Crippen MR) is 140 cm³/mol. The van der Waals surface area contributed by atoms with E-state index in [4.69, 9.17) is 14.1 Å². The van der Waals surface area contributed by atoms with Gasteiger partial charge in [0, 0.05) is 10.9 Å². The quantitative estimate of drug-likeness (QED) is 0.225. The summed E-state index contributed by atoms with van der Waals surface area (Å²) in [5, 5.41) is 5.68. The minimum Gasteiger partial charge on any atom is -0.495 e. The van der Waals surface area contributed by atoms with Gasteiger partial charge in [-0.2, -0.15) is 0 Å². The highest BCUT2D eigenvalue weighted by atomic mass is 32.2. The highest BCUT2D eigenvalue weighted by molar-refractivity contribution is 7.99. The number of carbonyl (C=O) groups is 1.